The SMILES string of the molecule is [2H]C([2H])([2H])Oc1ccc(Cc2cc([C@]3(OC)O[C@H](CO)[C@@H](O)[C@H](O)[C@H]3O)ccc2Cl)cc1F. The summed E-state index contributed by atoms with van der Waals surface area (Å²) in [4.78, 5) is 0. The van der Waals surface area contributed by atoms with E-state index in [0.717, 1.165) is 6.07 Å². The first-order chi connectivity index (χ1) is 15.4. The van der Waals surface area contributed by atoms with Gasteiger partial charge in [0.05, 0.1) is 17.8 Å². The maximum atomic E-state index is 14.3. The van der Waals surface area contributed by atoms with Gasteiger partial charge in [0, 0.05) is 17.7 Å². The number of hydrogen-bond donors (Lipinski definition) is 4. The van der Waals surface area contributed by atoms with Crippen molar-refractivity contribution in [1.82, 2.24) is 0 Å². The average molecular weight is 446 g/mol. The first kappa shape index (κ1) is 18.9. The number of methoxy groups -OCH3 is 2. The molecule has 5 atom stereocenters. The molecule has 7 nitrogen and oxygen atoms in total. The molecule has 2 aromatic rings. The Morgan fingerprint density at radius 3 is 2.60 bits per heavy atom. The zero-order chi connectivity index (χ0) is 24.6. The fourth-order valence-electron chi connectivity index (χ4n) is 3.55. The maximum absolute atomic E-state index is 14.3. The molecule has 0 aliphatic carbocycles. The van der Waals surface area contributed by atoms with Gasteiger partial charge in [-0.15, -0.1) is 0 Å². The van der Waals surface area contributed by atoms with E-state index in [1.165, 1.54) is 37.4 Å². The molecule has 30 heavy (non-hydrogen) atoms. The predicted octanol–water partition coefficient (Wildman–Crippen LogP) is 1.35. The van der Waals surface area contributed by atoms with Crippen molar-refractivity contribution < 1.29 is 43.1 Å². The predicted molar refractivity (Wildman–Crippen MR) is 106 cm³/mol. The molecule has 1 aliphatic rings. The number of benzene rings is 2. The minimum atomic E-state index is -2.79. The summed E-state index contributed by atoms with van der Waals surface area (Å²) < 4.78 is 51.3. The highest BCUT2D eigenvalue weighted by molar-refractivity contribution is 6.31. The molecule has 0 unspecified atom stereocenters. The van der Waals surface area contributed by atoms with Gasteiger partial charge in [0.25, 0.3) is 0 Å². The van der Waals surface area contributed by atoms with Gasteiger partial charge in [-0.05, 0) is 41.8 Å². The van der Waals surface area contributed by atoms with Crippen molar-refractivity contribution in [3.05, 3.63) is 63.9 Å². The van der Waals surface area contributed by atoms with Crippen molar-refractivity contribution in [3.8, 4) is 5.75 Å². The van der Waals surface area contributed by atoms with Crippen LogP contribution in [0, 0.1) is 5.82 Å². The van der Waals surface area contributed by atoms with Crippen molar-refractivity contribution in [3.63, 3.8) is 0 Å². The molecule has 9 heteroatoms. The Morgan fingerprint density at radius 2 is 1.97 bits per heavy atom. The Bertz CT molecular complexity index is 991. The molecular weight excluding hydrogens is 419 g/mol. The highest BCUT2D eigenvalue weighted by Gasteiger charge is 2.55. The third-order valence-electron chi connectivity index (χ3n) is 5.20. The van der Waals surface area contributed by atoms with Gasteiger partial charge in [0.2, 0.25) is 5.79 Å². The minimum Gasteiger partial charge on any atom is -0.494 e. The fourth-order valence-corrected chi connectivity index (χ4v) is 3.73. The van der Waals surface area contributed by atoms with E-state index in [1.807, 2.05) is 0 Å². The van der Waals surface area contributed by atoms with Gasteiger partial charge < -0.3 is 34.6 Å². The van der Waals surface area contributed by atoms with E-state index >= 15 is 0 Å². The number of ether oxygens (including phenoxy) is 3. The number of aliphatic hydroxyl groups excluding tert-OH is 4. The molecule has 0 spiro atoms. The lowest BCUT2D eigenvalue weighted by molar-refractivity contribution is -0.366. The van der Waals surface area contributed by atoms with Crippen molar-refractivity contribution in [2.45, 2.75) is 36.6 Å². The van der Waals surface area contributed by atoms with Crippen LogP contribution in [0.2, 0.25) is 5.02 Å². The molecule has 0 saturated carbocycles. The Hall–Kier alpha value is -1.78. The van der Waals surface area contributed by atoms with Crippen LogP contribution in [0.4, 0.5) is 4.39 Å². The van der Waals surface area contributed by atoms with Crippen LogP contribution in [-0.4, -0.2) is 65.6 Å². The fraction of sp³-hybridized carbons (Fsp3) is 0.429. The number of halogens is 2. The molecule has 3 rings (SSSR count). The van der Waals surface area contributed by atoms with Crippen LogP contribution in [0.5, 0.6) is 5.75 Å². The molecule has 1 heterocycles. The van der Waals surface area contributed by atoms with E-state index in [-0.39, 0.29) is 12.0 Å². The second-order valence-electron chi connectivity index (χ2n) is 6.99. The highest BCUT2D eigenvalue weighted by Crippen LogP contribution is 2.40. The summed E-state index contributed by atoms with van der Waals surface area (Å²) in [5.41, 5.74) is 1.17. The molecule has 4 N–H and O–H groups in total. The quantitative estimate of drug-likeness (QED) is 0.531. The number of rotatable bonds is 6. The van der Waals surface area contributed by atoms with E-state index in [0.29, 0.717) is 16.1 Å². The van der Waals surface area contributed by atoms with Crippen LogP contribution in [0.25, 0.3) is 0 Å². The lowest BCUT2D eigenvalue weighted by Crippen LogP contribution is -2.64. The second-order valence-corrected chi connectivity index (χ2v) is 7.39. The summed E-state index contributed by atoms with van der Waals surface area (Å²) in [5, 5.41) is 40.8. The van der Waals surface area contributed by atoms with Crippen molar-refractivity contribution >= 4 is 11.6 Å². The lowest BCUT2D eigenvalue weighted by atomic mass is 9.87. The van der Waals surface area contributed by atoms with Crippen molar-refractivity contribution in [1.29, 1.82) is 0 Å². The van der Waals surface area contributed by atoms with Crippen molar-refractivity contribution in [2.75, 3.05) is 20.8 Å². The first-order valence-electron chi connectivity index (χ1n) is 10.6. The molecular formula is C21H24ClFO7. The standard InChI is InChI=1S/C21H24ClFO7/c1-28-16-6-3-11(8-15(16)23)7-12-9-13(4-5-14(12)22)21(29-2)20(27)19(26)18(25)17(10-24)30-21/h3-6,8-9,17-20,24-27H,7,10H2,1-2H3/t17-,18-,19+,20-,21+/m1/s1/i1D3. The van der Waals surface area contributed by atoms with Gasteiger partial charge in [0.15, 0.2) is 11.6 Å². The van der Waals surface area contributed by atoms with E-state index < -0.39 is 55.4 Å². The van der Waals surface area contributed by atoms with Gasteiger partial charge in [-0.3, -0.25) is 0 Å². The Morgan fingerprint density at radius 1 is 1.20 bits per heavy atom. The number of hydrogen-bond acceptors (Lipinski definition) is 7. The molecule has 164 valence electrons. The van der Waals surface area contributed by atoms with Crippen LogP contribution in [0.15, 0.2) is 36.4 Å². The molecule has 2 aromatic carbocycles. The van der Waals surface area contributed by atoms with E-state index in [4.69, 9.17) is 25.2 Å². The summed E-state index contributed by atoms with van der Waals surface area (Å²) in [6.07, 6.45) is -6.04. The summed E-state index contributed by atoms with van der Waals surface area (Å²) >= 11 is 6.31. The summed E-state index contributed by atoms with van der Waals surface area (Å²) in [6.45, 7) is -0.638. The Balaban J connectivity index is 1.94. The topological polar surface area (TPSA) is 109 Å². The van der Waals surface area contributed by atoms with Gasteiger partial charge >= 0.3 is 0 Å². The summed E-state index contributed by atoms with van der Waals surface area (Å²) in [6, 6.07) is 8.31. The van der Waals surface area contributed by atoms with Crippen LogP contribution < -0.4 is 4.74 Å². The zero-order valence-electron chi connectivity index (χ0n) is 19.0. The van der Waals surface area contributed by atoms with Crippen LogP contribution in [-0.2, 0) is 21.7 Å². The Labute approximate surface area is 182 Å². The molecule has 0 bridgehead atoms. The first-order valence-corrected chi connectivity index (χ1v) is 9.44. The second kappa shape index (κ2) is 9.15. The molecule has 0 radical (unpaired) electrons. The van der Waals surface area contributed by atoms with Gasteiger partial charge in [0.1, 0.15) is 24.4 Å². The maximum Gasteiger partial charge on any atom is 0.224 e. The monoisotopic (exact) mass is 445 g/mol. The molecule has 1 saturated heterocycles. The van der Waals surface area contributed by atoms with E-state index in [2.05, 4.69) is 4.74 Å². The van der Waals surface area contributed by atoms with E-state index in [1.54, 1.807) is 0 Å². The molecule has 0 aromatic heterocycles. The Kier molecular flexibility index (Phi) is 5.78. The normalized spacial score (nSPS) is 31.0. The minimum absolute atomic E-state index is 0.113. The average Bonchev–Trinajstić information content (AvgIpc) is 2.75. The van der Waals surface area contributed by atoms with Crippen LogP contribution in [0.1, 0.15) is 20.8 Å². The van der Waals surface area contributed by atoms with Gasteiger partial charge in [-0.2, -0.15) is 0 Å². The third kappa shape index (κ3) is 4.04. The van der Waals surface area contributed by atoms with E-state index in [9.17, 15) is 24.8 Å². The molecule has 1 aliphatic heterocycles. The third-order valence-corrected chi connectivity index (χ3v) is 5.57. The zero-order valence-corrected chi connectivity index (χ0v) is 16.7. The molecule has 1 fully saturated rings. The lowest BCUT2D eigenvalue weighted by Gasteiger charge is -2.47. The van der Waals surface area contributed by atoms with Crippen LogP contribution >= 0.6 is 11.6 Å². The highest BCUT2D eigenvalue weighted by atomic mass is 35.5. The number of aliphatic hydroxyl groups is 4. The van der Waals surface area contributed by atoms with Crippen molar-refractivity contribution in [2.24, 2.45) is 0 Å². The summed E-state index contributed by atoms with van der Waals surface area (Å²) in [7, 11) is -1.56. The van der Waals surface area contributed by atoms with Gasteiger partial charge in [-0.25, -0.2) is 4.39 Å². The summed E-state index contributed by atoms with van der Waals surface area (Å²) in [5.74, 6) is -3.20. The smallest absolute Gasteiger partial charge is 0.224 e. The largest absolute Gasteiger partial charge is 0.494 e. The van der Waals surface area contributed by atoms with Gasteiger partial charge in [-0.1, -0.05) is 23.7 Å². The van der Waals surface area contributed by atoms with Crippen LogP contribution in [0.3, 0.4) is 0 Å². The molecule has 0 amide bonds.